The maximum absolute atomic E-state index is 12.2. The second-order valence-corrected chi connectivity index (χ2v) is 5.06. The summed E-state index contributed by atoms with van der Waals surface area (Å²) in [5, 5.41) is 6.20. The fourth-order valence-corrected chi connectivity index (χ4v) is 2.39. The van der Waals surface area contributed by atoms with Gasteiger partial charge in [-0.15, -0.1) is 0 Å². The number of ether oxygens (including phenoxy) is 2. The molecule has 1 aliphatic heterocycles. The minimum Gasteiger partial charge on any atom is -0.497 e. The summed E-state index contributed by atoms with van der Waals surface area (Å²) in [5.74, 6) is 0.807. The van der Waals surface area contributed by atoms with Crippen molar-refractivity contribution in [3.8, 4) is 5.75 Å². The van der Waals surface area contributed by atoms with Crippen LogP contribution >= 0.6 is 0 Å². The molecule has 5 nitrogen and oxygen atoms in total. The van der Waals surface area contributed by atoms with Crippen LogP contribution in [0, 0.1) is 0 Å². The Balaban J connectivity index is 1.93. The Labute approximate surface area is 119 Å². The number of carbonyl (C=O) groups is 1. The van der Waals surface area contributed by atoms with E-state index in [2.05, 4.69) is 10.6 Å². The number of amides is 1. The van der Waals surface area contributed by atoms with Crippen LogP contribution < -0.4 is 15.4 Å². The van der Waals surface area contributed by atoms with E-state index in [1.807, 2.05) is 31.2 Å². The van der Waals surface area contributed by atoms with Gasteiger partial charge in [0.15, 0.2) is 0 Å². The molecule has 2 N–H and O–H groups in total. The third-order valence-electron chi connectivity index (χ3n) is 3.69. The van der Waals surface area contributed by atoms with E-state index in [-0.39, 0.29) is 24.1 Å². The van der Waals surface area contributed by atoms with Gasteiger partial charge in [-0.3, -0.25) is 4.79 Å². The highest BCUT2D eigenvalue weighted by atomic mass is 16.5. The molecule has 0 bridgehead atoms. The summed E-state index contributed by atoms with van der Waals surface area (Å²) in [6.07, 6.45) is 0.838. The first-order valence-corrected chi connectivity index (χ1v) is 6.84. The Bertz CT molecular complexity index is 464. The van der Waals surface area contributed by atoms with Crippen molar-refractivity contribution in [1.29, 1.82) is 0 Å². The molecule has 1 aromatic rings. The average Bonchev–Trinajstić information content (AvgIpc) is 2.96. The van der Waals surface area contributed by atoms with E-state index < -0.39 is 0 Å². The van der Waals surface area contributed by atoms with E-state index in [4.69, 9.17) is 9.47 Å². The molecule has 5 heteroatoms. The van der Waals surface area contributed by atoms with Crippen LogP contribution in [-0.4, -0.2) is 38.8 Å². The zero-order valence-corrected chi connectivity index (χ0v) is 12.2. The van der Waals surface area contributed by atoms with Crippen molar-refractivity contribution < 1.29 is 14.3 Å². The monoisotopic (exact) mass is 278 g/mol. The third kappa shape index (κ3) is 3.49. The average molecular weight is 278 g/mol. The Morgan fingerprint density at radius 3 is 2.90 bits per heavy atom. The maximum atomic E-state index is 12.2. The largest absolute Gasteiger partial charge is 0.497 e. The Morgan fingerprint density at radius 1 is 1.45 bits per heavy atom. The molecule has 0 aromatic heterocycles. The van der Waals surface area contributed by atoms with Gasteiger partial charge in [-0.1, -0.05) is 12.1 Å². The summed E-state index contributed by atoms with van der Waals surface area (Å²) in [5.41, 5.74) is 1.03. The van der Waals surface area contributed by atoms with Gasteiger partial charge in [-0.05, 0) is 31.0 Å². The SMILES string of the molecule is COc1cccc([C@H](C)NC(=O)C2CC(OC)CN2)c1. The van der Waals surface area contributed by atoms with Gasteiger partial charge >= 0.3 is 0 Å². The van der Waals surface area contributed by atoms with Crippen molar-refractivity contribution in [3.05, 3.63) is 29.8 Å². The van der Waals surface area contributed by atoms with Gasteiger partial charge in [0, 0.05) is 13.7 Å². The number of methoxy groups -OCH3 is 2. The molecule has 1 aliphatic rings. The molecule has 3 atom stereocenters. The lowest BCUT2D eigenvalue weighted by Gasteiger charge is -2.18. The molecule has 0 aliphatic carbocycles. The van der Waals surface area contributed by atoms with Crippen molar-refractivity contribution in [1.82, 2.24) is 10.6 Å². The highest BCUT2D eigenvalue weighted by Gasteiger charge is 2.29. The van der Waals surface area contributed by atoms with Crippen molar-refractivity contribution in [2.45, 2.75) is 31.5 Å². The van der Waals surface area contributed by atoms with Crippen molar-refractivity contribution in [3.63, 3.8) is 0 Å². The summed E-state index contributed by atoms with van der Waals surface area (Å²) in [7, 11) is 3.31. The number of benzene rings is 1. The van der Waals surface area contributed by atoms with E-state index in [0.717, 1.165) is 17.9 Å². The minimum absolute atomic E-state index is 0.0138. The second-order valence-electron chi connectivity index (χ2n) is 5.06. The van der Waals surface area contributed by atoms with Crippen LogP contribution in [0.15, 0.2) is 24.3 Å². The van der Waals surface area contributed by atoms with Crippen LogP contribution in [0.5, 0.6) is 5.75 Å². The fraction of sp³-hybridized carbons (Fsp3) is 0.533. The minimum atomic E-state index is -0.173. The van der Waals surface area contributed by atoms with Crippen LogP contribution in [0.25, 0.3) is 0 Å². The number of rotatable bonds is 5. The van der Waals surface area contributed by atoms with Gasteiger partial charge in [0.2, 0.25) is 5.91 Å². The molecule has 0 radical (unpaired) electrons. The molecule has 20 heavy (non-hydrogen) atoms. The van der Waals surface area contributed by atoms with Crippen LogP contribution in [0.4, 0.5) is 0 Å². The number of hydrogen-bond acceptors (Lipinski definition) is 4. The van der Waals surface area contributed by atoms with Gasteiger partial charge in [0.25, 0.3) is 0 Å². The molecule has 1 amide bonds. The van der Waals surface area contributed by atoms with Crippen molar-refractivity contribution >= 4 is 5.91 Å². The number of carbonyl (C=O) groups excluding carboxylic acids is 1. The lowest BCUT2D eigenvalue weighted by Crippen LogP contribution is -2.41. The first-order valence-electron chi connectivity index (χ1n) is 6.84. The highest BCUT2D eigenvalue weighted by molar-refractivity contribution is 5.82. The molecule has 1 heterocycles. The van der Waals surface area contributed by atoms with Gasteiger partial charge in [-0.25, -0.2) is 0 Å². The van der Waals surface area contributed by atoms with E-state index in [1.54, 1.807) is 14.2 Å². The molecule has 2 rings (SSSR count). The van der Waals surface area contributed by atoms with Gasteiger partial charge < -0.3 is 20.1 Å². The first kappa shape index (κ1) is 14.8. The van der Waals surface area contributed by atoms with Gasteiger partial charge in [-0.2, -0.15) is 0 Å². The number of nitrogens with one attached hydrogen (secondary N) is 2. The second kappa shape index (κ2) is 6.72. The normalized spacial score (nSPS) is 23.4. The molecule has 0 spiro atoms. The molecular weight excluding hydrogens is 256 g/mol. The number of hydrogen-bond donors (Lipinski definition) is 2. The lowest BCUT2D eigenvalue weighted by molar-refractivity contribution is -0.123. The highest BCUT2D eigenvalue weighted by Crippen LogP contribution is 2.19. The Morgan fingerprint density at radius 2 is 2.25 bits per heavy atom. The summed E-state index contributed by atoms with van der Waals surface area (Å²) in [4.78, 5) is 12.2. The zero-order chi connectivity index (χ0) is 14.5. The molecule has 110 valence electrons. The Kier molecular flexibility index (Phi) is 4.98. The summed E-state index contributed by atoms with van der Waals surface area (Å²) in [6, 6.07) is 7.50. The molecule has 1 aromatic carbocycles. The van der Waals surface area contributed by atoms with Crippen LogP contribution in [0.3, 0.4) is 0 Å². The quantitative estimate of drug-likeness (QED) is 0.851. The maximum Gasteiger partial charge on any atom is 0.237 e. The third-order valence-corrected chi connectivity index (χ3v) is 3.69. The summed E-state index contributed by atoms with van der Waals surface area (Å²) in [6.45, 7) is 2.69. The van der Waals surface area contributed by atoms with E-state index >= 15 is 0 Å². The van der Waals surface area contributed by atoms with Gasteiger partial charge in [0.05, 0.1) is 25.3 Å². The first-order chi connectivity index (χ1) is 9.63. The van der Waals surface area contributed by atoms with Crippen LogP contribution in [-0.2, 0) is 9.53 Å². The smallest absolute Gasteiger partial charge is 0.237 e. The zero-order valence-electron chi connectivity index (χ0n) is 12.2. The van der Waals surface area contributed by atoms with Crippen LogP contribution in [0.2, 0.25) is 0 Å². The molecular formula is C15H22N2O3. The van der Waals surface area contributed by atoms with Crippen molar-refractivity contribution in [2.75, 3.05) is 20.8 Å². The summed E-state index contributed by atoms with van der Waals surface area (Å²) >= 11 is 0. The predicted molar refractivity (Wildman–Crippen MR) is 76.8 cm³/mol. The van der Waals surface area contributed by atoms with Crippen molar-refractivity contribution in [2.24, 2.45) is 0 Å². The predicted octanol–water partition coefficient (Wildman–Crippen LogP) is 1.25. The van der Waals surface area contributed by atoms with Crippen LogP contribution in [0.1, 0.15) is 24.9 Å². The molecule has 2 unspecified atom stereocenters. The molecule has 0 saturated carbocycles. The van der Waals surface area contributed by atoms with E-state index in [1.165, 1.54) is 0 Å². The lowest BCUT2D eigenvalue weighted by atomic mass is 10.1. The van der Waals surface area contributed by atoms with E-state index in [9.17, 15) is 4.79 Å². The Hall–Kier alpha value is -1.59. The fourth-order valence-electron chi connectivity index (χ4n) is 2.39. The van der Waals surface area contributed by atoms with E-state index in [0.29, 0.717) is 6.42 Å². The molecule has 1 fully saturated rings. The standard InChI is InChI=1S/C15H22N2O3/c1-10(11-5-4-6-12(7-11)19-2)17-15(18)14-8-13(20-3)9-16-14/h4-7,10,13-14,16H,8-9H2,1-3H3,(H,17,18)/t10-,13?,14?/m0/s1. The summed E-state index contributed by atoms with van der Waals surface area (Å²) < 4.78 is 10.4. The topological polar surface area (TPSA) is 59.6 Å². The molecule has 1 saturated heterocycles. The van der Waals surface area contributed by atoms with Gasteiger partial charge in [0.1, 0.15) is 5.75 Å².